The molecule has 3 rings (SSSR count). The summed E-state index contributed by atoms with van der Waals surface area (Å²) >= 11 is 6.38. The largest absolute Gasteiger partial charge is 0.497 e. The Hall–Kier alpha value is -3.76. The van der Waals surface area contributed by atoms with Crippen LogP contribution in [0.25, 0.3) is 0 Å². The number of carbonyl (C=O) groups excluding carboxylic acids is 2. The predicted molar refractivity (Wildman–Crippen MR) is 165 cm³/mol. The van der Waals surface area contributed by atoms with Crippen LogP contribution in [0.1, 0.15) is 37.8 Å². The molecule has 2 amide bonds. The van der Waals surface area contributed by atoms with Gasteiger partial charge in [0.25, 0.3) is 10.0 Å². The van der Waals surface area contributed by atoms with E-state index in [-0.39, 0.29) is 28.1 Å². The van der Waals surface area contributed by atoms with Gasteiger partial charge in [0.1, 0.15) is 24.1 Å². The first kappa shape index (κ1) is 32.8. The lowest BCUT2D eigenvalue weighted by atomic mass is 10.1. The van der Waals surface area contributed by atoms with E-state index in [1.165, 1.54) is 36.3 Å². The number of sulfonamides is 1. The number of carbonyl (C=O) groups is 2. The number of hydrogen-bond donors (Lipinski definition) is 1. The lowest BCUT2D eigenvalue weighted by Gasteiger charge is -2.33. The van der Waals surface area contributed by atoms with Gasteiger partial charge < -0.3 is 19.7 Å². The van der Waals surface area contributed by atoms with E-state index in [0.717, 1.165) is 21.9 Å². The summed E-state index contributed by atoms with van der Waals surface area (Å²) in [7, 11) is -1.22. The Labute approximate surface area is 253 Å². The molecule has 0 aliphatic carbocycles. The van der Waals surface area contributed by atoms with Gasteiger partial charge in [0.15, 0.2) is 0 Å². The number of methoxy groups -OCH3 is 2. The lowest BCUT2D eigenvalue weighted by Crippen LogP contribution is -2.52. The molecule has 3 aromatic carbocycles. The van der Waals surface area contributed by atoms with Gasteiger partial charge in [-0.25, -0.2) is 8.42 Å². The Morgan fingerprint density at radius 1 is 0.976 bits per heavy atom. The van der Waals surface area contributed by atoms with Crippen molar-refractivity contribution in [1.82, 2.24) is 10.2 Å². The van der Waals surface area contributed by atoms with Crippen molar-refractivity contribution in [3.63, 3.8) is 0 Å². The summed E-state index contributed by atoms with van der Waals surface area (Å²) < 4.78 is 39.6. The third-order valence-electron chi connectivity index (χ3n) is 6.73. The maximum absolute atomic E-state index is 14.2. The number of benzene rings is 3. The number of amides is 2. The first-order chi connectivity index (χ1) is 20.0. The minimum atomic E-state index is -4.22. The number of nitrogens with one attached hydrogen (secondary N) is 1. The van der Waals surface area contributed by atoms with Crippen molar-refractivity contribution < 1.29 is 27.5 Å². The monoisotopic (exact) mass is 615 g/mol. The van der Waals surface area contributed by atoms with E-state index in [0.29, 0.717) is 24.5 Å². The third-order valence-corrected chi connectivity index (χ3v) is 8.82. The van der Waals surface area contributed by atoms with E-state index in [9.17, 15) is 18.0 Å². The molecule has 226 valence electrons. The highest BCUT2D eigenvalue weighted by molar-refractivity contribution is 7.92. The molecule has 11 heteroatoms. The summed E-state index contributed by atoms with van der Waals surface area (Å²) in [6.45, 7) is 5.55. The zero-order valence-electron chi connectivity index (χ0n) is 24.6. The first-order valence-electron chi connectivity index (χ1n) is 13.7. The highest BCUT2D eigenvalue weighted by Crippen LogP contribution is 2.32. The van der Waals surface area contributed by atoms with Crippen molar-refractivity contribution in [2.75, 3.05) is 31.6 Å². The van der Waals surface area contributed by atoms with E-state index in [4.69, 9.17) is 21.1 Å². The van der Waals surface area contributed by atoms with Crippen LogP contribution in [0.5, 0.6) is 11.5 Å². The summed E-state index contributed by atoms with van der Waals surface area (Å²) in [5.74, 6) is 0.0903. The van der Waals surface area contributed by atoms with Crippen LogP contribution in [0, 0.1) is 6.92 Å². The quantitative estimate of drug-likeness (QED) is 0.267. The van der Waals surface area contributed by atoms with Crippen molar-refractivity contribution >= 4 is 39.1 Å². The Morgan fingerprint density at radius 3 is 2.29 bits per heavy atom. The SMILES string of the molecule is CCCNC(=O)[C@@H](CC)N(Cc1cccc(OC)c1)C(=O)CN(c1ccc(OC)c(Cl)c1)S(=O)(=O)c1ccc(C)cc1. The Bertz CT molecular complexity index is 1480. The molecule has 0 unspecified atom stereocenters. The second-order valence-corrected chi connectivity index (χ2v) is 12.0. The highest BCUT2D eigenvalue weighted by atomic mass is 35.5. The van der Waals surface area contributed by atoms with Crippen LogP contribution in [0.4, 0.5) is 5.69 Å². The van der Waals surface area contributed by atoms with Crippen LogP contribution < -0.4 is 19.1 Å². The standard InChI is InChI=1S/C31H38ClN3O6S/c1-6-17-33-31(37)28(7-2)34(20-23-9-8-10-25(18-23)40-4)30(36)21-35(24-13-16-29(41-5)27(32)19-24)42(38,39)26-14-11-22(3)12-15-26/h8-16,18-19,28H,6-7,17,20-21H2,1-5H3,(H,33,37)/t28-/m1/s1. The van der Waals surface area contributed by atoms with Crippen molar-refractivity contribution in [3.8, 4) is 11.5 Å². The van der Waals surface area contributed by atoms with Crippen LogP contribution in [-0.4, -0.2) is 58.5 Å². The zero-order valence-corrected chi connectivity index (χ0v) is 26.2. The molecule has 0 saturated carbocycles. The number of rotatable bonds is 14. The molecule has 0 heterocycles. The van der Waals surface area contributed by atoms with Gasteiger partial charge in [0.05, 0.1) is 29.8 Å². The number of anilines is 1. The van der Waals surface area contributed by atoms with Crippen LogP contribution in [0.2, 0.25) is 5.02 Å². The zero-order chi connectivity index (χ0) is 30.9. The van der Waals surface area contributed by atoms with Crippen LogP contribution in [0.3, 0.4) is 0 Å². The Kier molecular flexibility index (Phi) is 11.6. The van der Waals surface area contributed by atoms with E-state index in [1.54, 1.807) is 43.5 Å². The van der Waals surface area contributed by atoms with Crippen molar-refractivity contribution in [3.05, 3.63) is 82.9 Å². The van der Waals surface area contributed by atoms with Gasteiger partial charge in [-0.1, -0.05) is 55.3 Å². The third kappa shape index (κ3) is 7.95. The summed E-state index contributed by atoms with van der Waals surface area (Å²) in [6, 6.07) is 17.2. The molecule has 0 aliphatic rings. The number of halogens is 1. The fourth-order valence-corrected chi connectivity index (χ4v) is 6.09. The highest BCUT2D eigenvalue weighted by Gasteiger charge is 2.34. The molecule has 1 N–H and O–H groups in total. The first-order valence-corrected chi connectivity index (χ1v) is 15.5. The normalized spacial score (nSPS) is 11.9. The predicted octanol–water partition coefficient (Wildman–Crippen LogP) is 5.19. The van der Waals surface area contributed by atoms with E-state index < -0.39 is 28.5 Å². The molecule has 0 radical (unpaired) electrons. The average Bonchev–Trinajstić information content (AvgIpc) is 2.98. The minimum absolute atomic E-state index is 0.0138. The maximum Gasteiger partial charge on any atom is 0.264 e. The molecule has 0 fully saturated rings. The average molecular weight is 616 g/mol. The van der Waals surface area contributed by atoms with Crippen LogP contribution >= 0.6 is 11.6 Å². The van der Waals surface area contributed by atoms with Gasteiger partial charge in [0, 0.05) is 13.1 Å². The van der Waals surface area contributed by atoms with Crippen molar-refractivity contribution in [2.24, 2.45) is 0 Å². The van der Waals surface area contributed by atoms with Crippen LogP contribution in [0.15, 0.2) is 71.6 Å². The fourth-order valence-electron chi connectivity index (χ4n) is 4.43. The van der Waals surface area contributed by atoms with Crippen LogP contribution in [-0.2, 0) is 26.2 Å². The molecule has 0 aliphatic heterocycles. The second-order valence-electron chi connectivity index (χ2n) is 9.73. The molecule has 1 atom stereocenters. The molecule has 0 saturated heterocycles. The maximum atomic E-state index is 14.2. The number of aryl methyl sites for hydroxylation is 1. The number of nitrogens with zero attached hydrogens (tertiary/aromatic N) is 2. The number of ether oxygens (including phenoxy) is 2. The molecule has 0 spiro atoms. The lowest BCUT2D eigenvalue weighted by molar-refractivity contribution is -0.140. The summed E-state index contributed by atoms with van der Waals surface area (Å²) in [5.41, 5.74) is 1.79. The molecule has 3 aromatic rings. The van der Waals surface area contributed by atoms with Gasteiger partial charge in [0.2, 0.25) is 11.8 Å². The molecule has 42 heavy (non-hydrogen) atoms. The van der Waals surface area contributed by atoms with E-state index >= 15 is 0 Å². The smallest absolute Gasteiger partial charge is 0.264 e. The summed E-state index contributed by atoms with van der Waals surface area (Å²) in [6.07, 6.45) is 1.05. The Morgan fingerprint density at radius 2 is 1.69 bits per heavy atom. The van der Waals surface area contributed by atoms with Gasteiger partial charge in [-0.15, -0.1) is 0 Å². The second kappa shape index (κ2) is 14.9. The topological polar surface area (TPSA) is 105 Å². The minimum Gasteiger partial charge on any atom is -0.497 e. The van der Waals surface area contributed by atoms with Gasteiger partial charge in [-0.3, -0.25) is 13.9 Å². The van der Waals surface area contributed by atoms with Gasteiger partial charge in [-0.05, 0) is 67.8 Å². The summed E-state index contributed by atoms with van der Waals surface area (Å²) in [4.78, 5) is 28.8. The molecule has 0 bridgehead atoms. The molecular formula is C31H38ClN3O6S. The van der Waals surface area contributed by atoms with Gasteiger partial charge >= 0.3 is 0 Å². The van der Waals surface area contributed by atoms with E-state index in [2.05, 4.69) is 5.32 Å². The number of hydrogen-bond acceptors (Lipinski definition) is 6. The molecule has 0 aromatic heterocycles. The fraction of sp³-hybridized carbons (Fsp3) is 0.355. The Balaban J connectivity index is 2.09. The van der Waals surface area contributed by atoms with E-state index in [1.807, 2.05) is 26.8 Å². The van der Waals surface area contributed by atoms with Gasteiger partial charge in [-0.2, -0.15) is 0 Å². The molecular weight excluding hydrogens is 578 g/mol. The van der Waals surface area contributed by atoms with Crippen molar-refractivity contribution in [2.45, 2.75) is 51.1 Å². The molecule has 9 nitrogen and oxygen atoms in total. The van der Waals surface area contributed by atoms with Crippen molar-refractivity contribution in [1.29, 1.82) is 0 Å². The summed E-state index contributed by atoms with van der Waals surface area (Å²) in [5, 5.41) is 3.06.